The number of benzene rings is 3. The Balaban J connectivity index is 1.83. The van der Waals surface area contributed by atoms with E-state index >= 15 is 0 Å². The van der Waals surface area contributed by atoms with Crippen LogP contribution in [0.3, 0.4) is 0 Å². The Morgan fingerprint density at radius 3 is 2.24 bits per heavy atom. The Bertz CT molecular complexity index is 971. The minimum Gasteiger partial charge on any atom is -0.260 e. The summed E-state index contributed by atoms with van der Waals surface area (Å²) in [4.78, 5) is 4.70. The summed E-state index contributed by atoms with van der Waals surface area (Å²) < 4.78 is 13.2. The monoisotopic (exact) mass is 329 g/mol. The molecule has 0 fully saturated rings. The number of nitrogens with one attached hydrogen (secondary N) is 1. The van der Waals surface area contributed by atoms with Crippen LogP contribution < -0.4 is 5.43 Å². The van der Waals surface area contributed by atoms with E-state index in [0.29, 0.717) is 5.84 Å². The summed E-state index contributed by atoms with van der Waals surface area (Å²) in [5, 5.41) is 4.59. The number of hydrogen-bond acceptors (Lipinski definition) is 3. The van der Waals surface area contributed by atoms with Crippen LogP contribution in [0.5, 0.6) is 0 Å². The molecule has 0 saturated carbocycles. The van der Waals surface area contributed by atoms with Crippen molar-refractivity contribution in [2.75, 3.05) is 0 Å². The lowest BCUT2D eigenvalue weighted by Crippen LogP contribution is -2.19. The molecular formula is C21H16FN3. The Morgan fingerprint density at radius 1 is 0.800 bits per heavy atom. The summed E-state index contributed by atoms with van der Waals surface area (Å²) in [6.45, 7) is 2.06. The van der Waals surface area contributed by atoms with Crippen molar-refractivity contribution in [2.24, 2.45) is 10.1 Å². The zero-order chi connectivity index (χ0) is 17.2. The zero-order valence-corrected chi connectivity index (χ0v) is 13.7. The smallest absolute Gasteiger partial charge is 0.154 e. The third-order valence-electron chi connectivity index (χ3n) is 4.11. The van der Waals surface area contributed by atoms with Crippen LogP contribution in [0.2, 0.25) is 0 Å². The summed E-state index contributed by atoms with van der Waals surface area (Å²) in [7, 11) is 0. The van der Waals surface area contributed by atoms with E-state index in [0.717, 1.165) is 28.1 Å². The van der Waals surface area contributed by atoms with Crippen molar-refractivity contribution in [1.29, 1.82) is 0 Å². The highest BCUT2D eigenvalue weighted by Gasteiger charge is 2.16. The van der Waals surface area contributed by atoms with Gasteiger partial charge in [-0.05, 0) is 37.3 Å². The molecule has 0 saturated heterocycles. The van der Waals surface area contributed by atoms with Gasteiger partial charge in [0.25, 0.3) is 0 Å². The van der Waals surface area contributed by atoms with Gasteiger partial charge in [0.1, 0.15) is 5.82 Å². The average Bonchev–Trinajstić information content (AvgIpc) is 2.83. The number of fused-ring (bicyclic) bond motifs is 1. The largest absolute Gasteiger partial charge is 0.260 e. The maximum absolute atomic E-state index is 13.2. The first-order valence-corrected chi connectivity index (χ1v) is 8.05. The first kappa shape index (κ1) is 15.3. The van der Waals surface area contributed by atoms with Crippen molar-refractivity contribution in [3.8, 4) is 0 Å². The summed E-state index contributed by atoms with van der Waals surface area (Å²) in [6, 6.07) is 22.3. The van der Waals surface area contributed by atoms with Crippen LogP contribution in [-0.4, -0.2) is 11.5 Å². The second kappa shape index (κ2) is 6.32. The molecule has 0 unspecified atom stereocenters. The topological polar surface area (TPSA) is 36.8 Å². The molecule has 0 aliphatic carbocycles. The van der Waals surface area contributed by atoms with Crippen molar-refractivity contribution in [3.63, 3.8) is 0 Å². The van der Waals surface area contributed by atoms with Crippen LogP contribution in [0.4, 0.5) is 10.1 Å². The van der Waals surface area contributed by atoms with Gasteiger partial charge in [-0.25, -0.2) is 9.38 Å². The van der Waals surface area contributed by atoms with Crippen LogP contribution in [-0.2, 0) is 0 Å². The molecule has 4 heteroatoms. The van der Waals surface area contributed by atoms with Gasteiger partial charge < -0.3 is 0 Å². The van der Waals surface area contributed by atoms with Crippen molar-refractivity contribution >= 4 is 17.2 Å². The highest BCUT2D eigenvalue weighted by molar-refractivity contribution is 6.17. The van der Waals surface area contributed by atoms with Gasteiger partial charge in [0.2, 0.25) is 0 Å². The van der Waals surface area contributed by atoms with Gasteiger partial charge in [-0.3, -0.25) is 5.43 Å². The predicted octanol–water partition coefficient (Wildman–Crippen LogP) is 4.57. The SMILES string of the molecule is Cc1ccc(C2=NNC(c3ccc(F)cc3)=Nc3ccccc32)cc1. The Kier molecular flexibility index (Phi) is 3.86. The van der Waals surface area contributed by atoms with Crippen molar-refractivity contribution < 1.29 is 4.39 Å². The highest BCUT2D eigenvalue weighted by atomic mass is 19.1. The van der Waals surface area contributed by atoms with Gasteiger partial charge >= 0.3 is 0 Å². The molecule has 3 aromatic rings. The molecule has 0 atom stereocenters. The number of aliphatic imine (C=N–C) groups is 1. The molecule has 0 radical (unpaired) electrons. The average molecular weight is 329 g/mol. The molecule has 25 heavy (non-hydrogen) atoms. The minimum absolute atomic E-state index is 0.276. The molecule has 3 nitrogen and oxygen atoms in total. The second-order valence-electron chi connectivity index (χ2n) is 5.92. The first-order chi connectivity index (χ1) is 12.2. The number of hydrogen-bond donors (Lipinski definition) is 1. The van der Waals surface area contributed by atoms with Gasteiger partial charge in [0, 0.05) is 16.7 Å². The number of halogens is 1. The quantitative estimate of drug-likeness (QED) is 0.735. The molecule has 1 heterocycles. The molecule has 0 aromatic heterocycles. The van der Waals surface area contributed by atoms with Crippen LogP contribution >= 0.6 is 0 Å². The molecule has 4 rings (SSSR count). The molecule has 1 aliphatic rings. The second-order valence-corrected chi connectivity index (χ2v) is 5.92. The van der Waals surface area contributed by atoms with E-state index in [9.17, 15) is 4.39 Å². The molecule has 122 valence electrons. The fraction of sp³-hybridized carbons (Fsp3) is 0.0476. The maximum atomic E-state index is 13.2. The lowest BCUT2D eigenvalue weighted by Gasteiger charge is -2.07. The van der Waals surface area contributed by atoms with Crippen molar-refractivity contribution in [2.45, 2.75) is 6.92 Å². The van der Waals surface area contributed by atoms with Gasteiger partial charge in [-0.15, -0.1) is 0 Å². The molecule has 1 aliphatic heterocycles. The lowest BCUT2D eigenvalue weighted by molar-refractivity contribution is 0.627. The van der Waals surface area contributed by atoms with Crippen molar-refractivity contribution in [1.82, 2.24) is 5.43 Å². The van der Waals surface area contributed by atoms with Crippen LogP contribution in [0.15, 0.2) is 82.9 Å². The van der Waals surface area contributed by atoms with E-state index in [2.05, 4.69) is 41.7 Å². The normalized spacial score (nSPS) is 13.2. The fourth-order valence-electron chi connectivity index (χ4n) is 2.75. The van der Waals surface area contributed by atoms with Crippen LogP contribution in [0, 0.1) is 12.7 Å². The summed E-state index contributed by atoms with van der Waals surface area (Å²) >= 11 is 0. The Hall–Kier alpha value is -3.27. The third-order valence-corrected chi connectivity index (χ3v) is 4.11. The number of hydrazone groups is 1. The van der Waals surface area contributed by atoms with E-state index in [1.54, 1.807) is 12.1 Å². The van der Waals surface area contributed by atoms with E-state index in [4.69, 9.17) is 4.99 Å². The molecule has 0 bridgehead atoms. The minimum atomic E-state index is -0.276. The molecule has 3 aromatic carbocycles. The molecule has 0 amide bonds. The molecular weight excluding hydrogens is 313 g/mol. The lowest BCUT2D eigenvalue weighted by atomic mass is 10.00. The summed E-state index contributed by atoms with van der Waals surface area (Å²) in [5.41, 5.74) is 8.65. The maximum Gasteiger partial charge on any atom is 0.154 e. The predicted molar refractivity (Wildman–Crippen MR) is 99.0 cm³/mol. The summed E-state index contributed by atoms with van der Waals surface area (Å²) in [5.74, 6) is 0.316. The number of para-hydroxylation sites is 1. The van der Waals surface area contributed by atoms with Gasteiger partial charge in [0.05, 0.1) is 11.4 Å². The van der Waals surface area contributed by atoms with Gasteiger partial charge in [0.15, 0.2) is 5.84 Å². The summed E-state index contributed by atoms with van der Waals surface area (Å²) in [6.07, 6.45) is 0. The Morgan fingerprint density at radius 2 is 1.48 bits per heavy atom. The van der Waals surface area contributed by atoms with E-state index < -0.39 is 0 Å². The highest BCUT2D eigenvalue weighted by Crippen LogP contribution is 2.25. The number of amidine groups is 1. The van der Waals surface area contributed by atoms with Crippen LogP contribution in [0.25, 0.3) is 0 Å². The van der Waals surface area contributed by atoms with E-state index in [-0.39, 0.29) is 5.82 Å². The van der Waals surface area contributed by atoms with Crippen LogP contribution in [0.1, 0.15) is 22.3 Å². The van der Waals surface area contributed by atoms with Gasteiger partial charge in [-0.2, -0.15) is 5.10 Å². The number of nitrogens with zero attached hydrogens (tertiary/aromatic N) is 2. The fourth-order valence-corrected chi connectivity index (χ4v) is 2.75. The van der Waals surface area contributed by atoms with Crippen molar-refractivity contribution in [3.05, 3.63) is 101 Å². The van der Waals surface area contributed by atoms with E-state index in [1.807, 2.05) is 24.3 Å². The number of aryl methyl sites for hydroxylation is 1. The Labute approximate surface area is 145 Å². The zero-order valence-electron chi connectivity index (χ0n) is 13.7. The van der Waals surface area contributed by atoms with Gasteiger partial charge in [-0.1, -0.05) is 48.0 Å². The van der Waals surface area contributed by atoms with E-state index in [1.165, 1.54) is 17.7 Å². The standard InChI is InChI=1S/C21H16FN3/c1-14-6-8-15(9-7-14)20-18-4-2-3-5-19(18)23-21(25-24-20)16-10-12-17(22)13-11-16/h2-13H,1H3,(H,23,25). The third kappa shape index (κ3) is 3.06. The molecule has 1 N–H and O–H groups in total. The number of rotatable bonds is 2. The first-order valence-electron chi connectivity index (χ1n) is 8.05. The molecule has 0 spiro atoms.